The van der Waals surface area contributed by atoms with Crippen molar-refractivity contribution >= 4 is 5.91 Å². The van der Waals surface area contributed by atoms with Gasteiger partial charge in [-0.3, -0.25) is 14.4 Å². The largest absolute Gasteiger partial charge is 0.336 e. The molecule has 0 bridgehead atoms. The third-order valence-electron chi connectivity index (χ3n) is 4.79. The van der Waals surface area contributed by atoms with Gasteiger partial charge >= 0.3 is 0 Å². The zero-order valence-electron chi connectivity index (χ0n) is 15.5. The first-order valence-corrected chi connectivity index (χ1v) is 8.87. The number of carbonyl (C=O) groups is 1. The highest BCUT2D eigenvalue weighted by Crippen LogP contribution is 2.19. The van der Waals surface area contributed by atoms with E-state index in [0.717, 1.165) is 43.0 Å². The van der Waals surface area contributed by atoms with Crippen LogP contribution >= 0.6 is 0 Å². The van der Waals surface area contributed by atoms with Crippen LogP contribution in [0, 0.1) is 31.1 Å². The number of hydrogen-bond donors (Lipinski definition) is 0. The lowest BCUT2D eigenvalue weighted by atomic mass is 10.0. The van der Waals surface area contributed by atoms with Crippen molar-refractivity contribution in [1.82, 2.24) is 19.6 Å². The fraction of sp³-hybridized carbons (Fsp3) is 0.722. The molecule has 2 rings (SSSR count). The minimum Gasteiger partial charge on any atom is -0.336 e. The van der Waals surface area contributed by atoms with Crippen LogP contribution in [-0.4, -0.2) is 57.7 Å². The van der Waals surface area contributed by atoms with Gasteiger partial charge in [-0.25, -0.2) is 0 Å². The van der Waals surface area contributed by atoms with Gasteiger partial charge in [0.05, 0.1) is 17.3 Å². The van der Waals surface area contributed by atoms with E-state index in [1.165, 1.54) is 0 Å². The Labute approximate surface area is 145 Å². The molecule has 6 heteroatoms. The van der Waals surface area contributed by atoms with Gasteiger partial charge in [-0.15, -0.1) is 0 Å². The molecule has 0 radical (unpaired) electrons. The number of aromatic nitrogens is 2. The second-order valence-corrected chi connectivity index (χ2v) is 6.92. The smallest absolute Gasteiger partial charge is 0.257 e. The van der Waals surface area contributed by atoms with E-state index in [0.29, 0.717) is 19.0 Å². The molecule has 0 unspecified atom stereocenters. The lowest BCUT2D eigenvalue weighted by Crippen LogP contribution is -2.53. The average molecular weight is 331 g/mol. The maximum atomic E-state index is 12.9. The van der Waals surface area contributed by atoms with Crippen LogP contribution in [0.25, 0.3) is 0 Å². The molecule has 1 atom stereocenters. The van der Waals surface area contributed by atoms with Crippen LogP contribution < -0.4 is 0 Å². The summed E-state index contributed by atoms with van der Waals surface area (Å²) in [4.78, 5) is 17.0. The van der Waals surface area contributed by atoms with Gasteiger partial charge in [-0.1, -0.05) is 20.8 Å². The lowest BCUT2D eigenvalue weighted by molar-refractivity contribution is 0.0575. The molecule has 1 aromatic heterocycles. The van der Waals surface area contributed by atoms with E-state index in [1.807, 2.05) is 23.4 Å². The Balaban J connectivity index is 2.07. The third kappa shape index (κ3) is 3.62. The standard InChI is InChI=1S/C18H29N5O/c1-6-7-23-15(5)17(14(4)20-23)18(24)22-10-8-21(9-11-22)16(12-19)13(2)3/h13,16H,6-11H2,1-5H3/t16-/m0/s1. The third-order valence-corrected chi connectivity index (χ3v) is 4.79. The van der Waals surface area contributed by atoms with Crippen molar-refractivity contribution in [2.24, 2.45) is 5.92 Å². The molecule has 1 fully saturated rings. The zero-order valence-corrected chi connectivity index (χ0v) is 15.5. The van der Waals surface area contributed by atoms with Crippen LogP contribution in [0.2, 0.25) is 0 Å². The van der Waals surface area contributed by atoms with Gasteiger partial charge in [0.1, 0.15) is 6.04 Å². The molecule has 24 heavy (non-hydrogen) atoms. The van der Waals surface area contributed by atoms with Crippen LogP contribution in [-0.2, 0) is 6.54 Å². The molecule has 0 N–H and O–H groups in total. The van der Waals surface area contributed by atoms with Crippen molar-refractivity contribution in [2.75, 3.05) is 26.2 Å². The molecule has 132 valence electrons. The molecular formula is C18H29N5O. The van der Waals surface area contributed by atoms with Crippen LogP contribution in [0.5, 0.6) is 0 Å². The Bertz CT molecular complexity index is 620. The molecule has 2 heterocycles. The summed E-state index contributed by atoms with van der Waals surface area (Å²) < 4.78 is 1.93. The summed E-state index contributed by atoms with van der Waals surface area (Å²) in [6.45, 7) is 13.8. The number of hydrogen-bond acceptors (Lipinski definition) is 4. The fourth-order valence-corrected chi connectivity index (χ4v) is 3.45. The first-order valence-electron chi connectivity index (χ1n) is 8.87. The molecule has 0 aromatic carbocycles. The van der Waals surface area contributed by atoms with Crippen molar-refractivity contribution in [3.8, 4) is 6.07 Å². The van der Waals surface area contributed by atoms with Crippen molar-refractivity contribution in [2.45, 2.75) is 53.6 Å². The summed E-state index contributed by atoms with van der Waals surface area (Å²) in [7, 11) is 0. The fourth-order valence-electron chi connectivity index (χ4n) is 3.45. The topological polar surface area (TPSA) is 65.2 Å². The van der Waals surface area contributed by atoms with Gasteiger partial charge in [0, 0.05) is 38.4 Å². The normalized spacial score (nSPS) is 17.1. The number of nitriles is 1. The van der Waals surface area contributed by atoms with Crippen LogP contribution in [0.15, 0.2) is 0 Å². The molecule has 1 aliphatic rings. The Hall–Kier alpha value is -1.87. The Kier molecular flexibility index (Phi) is 6.00. The van der Waals surface area contributed by atoms with E-state index >= 15 is 0 Å². The first-order chi connectivity index (χ1) is 11.4. The summed E-state index contributed by atoms with van der Waals surface area (Å²) in [6, 6.07) is 2.32. The highest BCUT2D eigenvalue weighted by Gasteiger charge is 2.30. The van der Waals surface area contributed by atoms with Gasteiger partial charge in [0.2, 0.25) is 0 Å². The molecule has 1 amide bonds. The lowest BCUT2D eigenvalue weighted by Gasteiger charge is -2.38. The Morgan fingerprint density at radius 3 is 2.38 bits per heavy atom. The van der Waals surface area contributed by atoms with E-state index in [2.05, 4.69) is 36.8 Å². The van der Waals surface area contributed by atoms with Crippen LogP contribution in [0.3, 0.4) is 0 Å². The summed E-state index contributed by atoms with van der Waals surface area (Å²) in [5.41, 5.74) is 2.52. The number of piperazine rings is 1. The zero-order chi connectivity index (χ0) is 17.9. The van der Waals surface area contributed by atoms with Gasteiger partial charge in [-0.2, -0.15) is 10.4 Å². The maximum absolute atomic E-state index is 12.9. The molecule has 0 aliphatic carbocycles. The van der Waals surface area contributed by atoms with E-state index in [1.54, 1.807) is 0 Å². The molecule has 6 nitrogen and oxygen atoms in total. The van der Waals surface area contributed by atoms with Crippen molar-refractivity contribution in [1.29, 1.82) is 5.26 Å². The number of nitrogens with zero attached hydrogens (tertiary/aromatic N) is 5. The molecule has 1 aliphatic heterocycles. The van der Waals surface area contributed by atoms with E-state index in [4.69, 9.17) is 0 Å². The number of carbonyl (C=O) groups excluding carboxylic acids is 1. The quantitative estimate of drug-likeness (QED) is 0.830. The van der Waals surface area contributed by atoms with Gasteiger partial charge in [-0.05, 0) is 26.2 Å². The van der Waals surface area contributed by atoms with E-state index < -0.39 is 0 Å². The SMILES string of the molecule is CCCn1nc(C)c(C(=O)N2CCN([C@@H](C#N)C(C)C)CC2)c1C. The highest BCUT2D eigenvalue weighted by molar-refractivity contribution is 5.96. The minimum absolute atomic E-state index is 0.0713. The average Bonchev–Trinajstić information content (AvgIpc) is 2.82. The minimum atomic E-state index is -0.0713. The van der Waals surface area contributed by atoms with E-state index in [-0.39, 0.29) is 11.9 Å². The predicted octanol–water partition coefficient (Wildman–Crippen LogP) is 2.22. The second-order valence-electron chi connectivity index (χ2n) is 6.92. The Morgan fingerprint density at radius 1 is 1.25 bits per heavy atom. The maximum Gasteiger partial charge on any atom is 0.257 e. The number of amides is 1. The van der Waals surface area contributed by atoms with Gasteiger partial charge in [0.15, 0.2) is 0 Å². The molecule has 1 saturated heterocycles. The summed E-state index contributed by atoms with van der Waals surface area (Å²) >= 11 is 0. The number of rotatable bonds is 5. The molecule has 0 saturated carbocycles. The summed E-state index contributed by atoms with van der Waals surface area (Å²) in [5.74, 6) is 0.374. The van der Waals surface area contributed by atoms with Crippen molar-refractivity contribution in [3.05, 3.63) is 17.0 Å². The predicted molar refractivity (Wildman–Crippen MR) is 93.7 cm³/mol. The second kappa shape index (κ2) is 7.80. The van der Waals surface area contributed by atoms with Gasteiger partial charge in [0.25, 0.3) is 5.91 Å². The van der Waals surface area contributed by atoms with Gasteiger partial charge < -0.3 is 4.90 Å². The molecular weight excluding hydrogens is 302 g/mol. The van der Waals surface area contributed by atoms with Crippen LogP contribution in [0.4, 0.5) is 0 Å². The monoisotopic (exact) mass is 331 g/mol. The highest BCUT2D eigenvalue weighted by atomic mass is 16.2. The summed E-state index contributed by atoms with van der Waals surface area (Å²) in [5, 5.41) is 13.9. The van der Waals surface area contributed by atoms with Crippen LogP contribution in [0.1, 0.15) is 48.9 Å². The Morgan fingerprint density at radius 2 is 1.88 bits per heavy atom. The summed E-state index contributed by atoms with van der Waals surface area (Å²) in [6.07, 6.45) is 0.999. The molecule has 0 spiro atoms. The van der Waals surface area contributed by atoms with Crippen molar-refractivity contribution in [3.63, 3.8) is 0 Å². The molecule has 1 aromatic rings. The number of aryl methyl sites for hydroxylation is 2. The first kappa shape index (κ1) is 18.5. The van der Waals surface area contributed by atoms with E-state index in [9.17, 15) is 10.1 Å². The van der Waals surface area contributed by atoms with Crippen molar-refractivity contribution < 1.29 is 4.79 Å².